The van der Waals surface area contributed by atoms with E-state index in [4.69, 9.17) is 0 Å². The third kappa shape index (κ3) is 0.718. The molecule has 4 aliphatic rings. The molecule has 0 aromatic heterocycles. The van der Waals surface area contributed by atoms with Crippen molar-refractivity contribution >= 4 is 0 Å². The maximum absolute atomic E-state index is 10.5. The first kappa shape index (κ1) is 9.23. The molecule has 84 valence electrons. The van der Waals surface area contributed by atoms with Gasteiger partial charge in [0.2, 0.25) is 0 Å². The van der Waals surface area contributed by atoms with Gasteiger partial charge in [-0.1, -0.05) is 37.3 Å². The first-order valence-corrected chi connectivity index (χ1v) is 6.40. The monoisotopic (exact) mass is 214 g/mol. The van der Waals surface area contributed by atoms with E-state index >= 15 is 0 Å². The smallest absolute Gasteiger partial charge is 0.0729 e. The van der Waals surface area contributed by atoms with Gasteiger partial charge in [-0.05, 0) is 37.2 Å². The van der Waals surface area contributed by atoms with Crippen molar-refractivity contribution in [2.24, 2.45) is 11.3 Å². The summed E-state index contributed by atoms with van der Waals surface area (Å²) in [7, 11) is 0. The average Bonchev–Trinajstić information content (AvgIpc) is 3.09. The van der Waals surface area contributed by atoms with Crippen LogP contribution in [0.5, 0.6) is 0 Å². The van der Waals surface area contributed by atoms with E-state index < -0.39 is 0 Å². The first-order valence-electron chi connectivity index (χ1n) is 6.40. The van der Waals surface area contributed by atoms with E-state index in [1.54, 1.807) is 0 Å². The van der Waals surface area contributed by atoms with Gasteiger partial charge in [0.15, 0.2) is 0 Å². The van der Waals surface area contributed by atoms with Crippen LogP contribution >= 0.6 is 0 Å². The summed E-state index contributed by atoms with van der Waals surface area (Å²) in [6.45, 7) is 2.32. The van der Waals surface area contributed by atoms with Gasteiger partial charge in [0.25, 0.3) is 0 Å². The summed E-state index contributed by atoms with van der Waals surface area (Å²) < 4.78 is 0. The molecule has 1 heteroatoms. The molecule has 0 amide bonds. The summed E-state index contributed by atoms with van der Waals surface area (Å²) in [6, 6.07) is 10.8. The summed E-state index contributed by atoms with van der Waals surface area (Å²) in [6.07, 6.45) is 4.65. The normalized spacial score (nSPS) is 49.4. The Balaban J connectivity index is 1.80. The van der Waals surface area contributed by atoms with Gasteiger partial charge in [-0.25, -0.2) is 0 Å². The van der Waals surface area contributed by atoms with Gasteiger partial charge in [-0.2, -0.15) is 0 Å². The standard InChI is InChI=1S/C15H18O/c1-13(11-7-8-11)14(9-15(13,16)10-14)12-5-3-2-4-6-12/h2-6,11,16H,7-10H2,1H3. The topological polar surface area (TPSA) is 20.2 Å². The molecule has 4 fully saturated rings. The summed E-state index contributed by atoms with van der Waals surface area (Å²) in [5.74, 6) is 0.778. The van der Waals surface area contributed by atoms with Gasteiger partial charge in [-0.15, -0.1) is 0 Å². The van der Waals surface area contributed by atoms with Gasteiger partial charge in [0.1, 0.15) is 0 Å². The van der Waals surface area contributed by atoms with Crippen LogP contribution in [0.25, 0.3) is 0 Å². The molecule has 1 aromatic rings. The Bertz CT molecular complexity index is 440. The third-order valence-electron chi connectivity index (χ3n) is 5.87. The van der Waals surface area contributed by atoms with Gasteiger partial charge in [0, 0.05) is 10.8 Å². The minimum absolute atomic E-state index is 0.182. The zero-order chi connectivity index (χ0) is 11.0. The Labute approximate surface area is 96.5 Å². The Morgan fingerprint density at radius 1 is 1.12 bits per heavy atom. The second-order valence-electron chi connectivity index (χ2n) is 6.31. The maximum Gasteiger partial charge on any atom is 0.0729 e. The molecule has 16 heavy (non-hydrogen) atoms. The van der Waals surface area contributed by atoms with E-state index in [0.29, 0.717) is 5.41 Å². The first-order chi connectivity index (χ1) is 7.62. The molecule has 5 rings (SSSR count). The molecule has 4 saturated carbocycles. The SMILES string of the molecule is CC1(C2CC2)C2(O)CC1(c1ccccc1)C2. The number of hydrogen-bond acceptors (Lipinski definition) is 1. The fourth-order valence-corrected chi connectivity index (χ4v) is 4.61. The van der Waals surface area contributed by atoms with Crippen molar-refractivity contribution in [1.29, 1.82) is 0 Å². The Morgan fingerprint density at radius 3 is 2.25 bits per heavy atom. The van der Waals surface area contributed by atoms with Crippen molar-refractivity contribution in [3.05, 3.63) is 35.9 Å². The molecule has 1 atom stereocenters. The van der Waals surface area contributed by atoms with Crippen LogP contribution in [0.4, 0.5) is 0 Å². The minimum Gasteiger partial charge on any atom is -0.389 e. The molecule has 0 heterocycles. The molecule has 2 bridgehead atoms. The second kappa shape index (κ2) is 2.38. The second-order valence-corrected chi connectivity index (χ2v) is 6.31. The summed E-state index contributed by atoms with van der Waals surface area (Å²) >= 11 is 0. The fraction of sp³-hybridized carbons (Fsp3) is 0.600. The van der Waals surface area contributed by atoms with Crippen LogP contribution in [0.3, 0.4) is 0 Å². The van der Waals surface area contributed by atoms with Crippen LogP contribution in [-0.2, 0) is 5.41 Å². The van der Waals surface area contributed by atoms with Crippen LogP contribution in [0.1, 0.15) is 38.2 Å². The van der Waals surface area contributed by atoms with E-state index in [1.165, 1.54) is 18.4 Å². The highest BCUT2D eigenvalue weighted by atomic mass is 16.3. The fourth-order valence-electron chi connectivity index (χ4n) is 4.61. The lowest BCUT2D eigenvalue weighted by atomic mass is 9.24. The molecular weight excluding hydrogens is 196 g/mol. The molecule has 0 spiro atoms. The number of aliphatic hydroxyl groups is 1. The predicted molar refractivity (Wildman–Crippen MR) is 63.1 cm³/mol. The molecule has 1 unspecified atom stereocenters. The van der Waals surface area contributed by atoms with E-state index in [0.717, 1.165) is 18.8 Å². The highest BCUT2D eigenvalue weighted by molar-refractivity contribution is 5.48. The molecule has 1 N–H and O–H groups in total. The molecule has 0 aliphatic heterocycles. The van der Waals surface area contributed by atoms with Gasteiger partial charge in [0.05, 0.1) is 5.60 Å². The molecule has 0 radical (unpaired) electrons. The Morgan fingerprint density at radius 2 is 1.75 bits per heavy atom. The van der Waals surface area contributed by atoms with Crippen LogP contribution in [0.15, 0.2) is 30.3 Å². The summed E-state index contributed by atoms with van der Waals surface area (Å²) in [5.41, 5.74) is 1.62. The average molecular weight is 214 g/mol. The predicted octanol–water partition coefficient (Wildman–Crippen LogP) is 2.88. The van der Waals surface area contributed by atoms with Crippen LogP contribution < -0.4 is 0 Å². The number of rotatable bonds is 2. The van der Waals surface area contributed by atoms with Gasteiger partial charge >= 0.3 is 0 Å². The maximum atomic E-state index is 10.5. The zero-order valence-electron chi connectivity index (χ0n) is 9.74. The van der Waals surface area contributed by atoms with Crippen LogP contribution in [0.2, 0.25) is 0 Å². The van der Waals surface area contributed by atoms with Gasteiger partial charge in [-0.3, -0.25) is 0 Å². The van der Waals surface area contributed by atoms with Crippen molar-refractivity contribution in [2.45, 2.75) is 43.6 Å². The third-order valence-corrected chi connectivity index (χ3v) is 5.87. The molecule has 4 aliphatic carbocycles. The lowest BCUT2D eigenvalue weighted by molar-refractivity contribution is -0.344. The molecule has 1 nitrogen and oxygen atoms in total. The quantitative estimate of drug-likeness (QED) is 0.802. The van der Waals surface area contributed by atoms with Crippen molar-refractivity contribution in [3.63, 3.8) is 0 Å². The van der Waals surface area contributed by atoms with Crippen molar-refractivity contribution in [3.8, 4) is 0 Å². The summed E-state index contributed by atoms with van der Waals surface area (Å²) in [5, 5.41) is 10.5. The van der Waals surface area contributed by atoms with E-state index in [9.17, 15) is 5.11 Å². The van der Waals surface area contributed by atoms with Crippen molar-refractivity contribution < 1.29 is 5.11 Å². The lowest BCUT2D eigenvalue weighted by Crippen LogP contribution is -2.84. The zero-order valence-corrected chi connectivity index (χ0v) is 9.74. The minimum atomic E-state index is -0.329. The summed E-state index contributed by atoms with van der Waals surface area (Å²) in [4.78, 5) is 0. The molecule has 0 saturated heterocycles. The Hall–Kier alpha value is -0.820. The van der Waals surface area contributed by atoms with Gasteiger partial charge < -0.3 is 5.11 Å². The van der Waals surface area contributed by atoms with E-state index in [2.05, 4.69) is 37.3 Å². The largest absolute Gasteiger partial charge is 0.389 e. The van der Waals surface area contributed by atoms with Crippen LogP contribution in [-0.4, -0.2) is 10.7 Å². The van der Waals surface area contributed by atoms with E-state index in [1.807, 2.05) is 0 Å². The highest BCUT2D eigenvalue weighted by Crippen LogP contribution is 2.83. The number of hydrogen-bond donors (Lipinski definition) is 1. The van der Waals surface area contributed by atoms with Crippen LogP contribution in [0, 0.1) is 11.3 Å². The molecular formula is C15H18O. The highest BCUT2D eigenvalue weighted by Gasteiger charge is 2.85. The number of benzene rings is 1. The van der Waals surface area contributed by atoms with Crippen molar-refractivity contribution in [1.82, 2.24) is 0 Å². The molecule has 1 aromatic carbocycles. The lowest BCUT2D eigenvalue weighted by Gasteiger charge is -2.81. The Kier molecular flexibility index (Phi) is 1.37. The van der Waals surface area contributed by atoms with E-state index in [-0.39, 0.29) is 11.0 Å². The van der Waals surface area contributed by atoms with Crippen molar-refractivity contribution in [2.75, 3.05) is 0 Å².